The van der Waals surface area contributed by atoms with Crippen molar-refractivity contribution in [1.29, 1.82) is 0 Å². The van der Waals surface area contributed by atoms with E-state index < -0.39 is 0 Å². The summed E-state index contributed by atoms with van der Waals surface area (Å²) in [6, 6.07) is 15.7. The van der Waals surface area contributed by atoms with Crippen molar-refractivity contribution in [2.24, 2.45) is 0 Å². The fourth-order valence-electron chi connectivity index (χ4n) is 3.34. The lowest BCUT2D eigenvalue weighted by Gasteiger charge is -2.16. The molecule has 4 aromatic rings. The van der Waals surface area contributed by atoms with Gasteiger partial charge in [0.15, 0.2) is 0 Å². The Hall–Kier alpha value is -4.08. The molecule has 0 bridgehead atoms. The first kappa shape index (κ1) is 20.2. The van der Waals surface area contributed by atoms with E-state index in [1.54, 1.807) is 36.4 Å². The second-order valence-electron chi connectivity index (χ2n) is 7.09. The molecule has 0 unspecified atom stereocenters. The van der Waals surface area contributed by atoms with Gasteiger partial charge in [0.25, 0.3) is 5.56 Å². The van der Waals surface area contributed by atoms with E-state index in [0.717, 1.165) is 0 Å². The minimum absolute atomic E-state index is 0.000597. The second-order valence-corrected chi connectivity index (χ2v) is 7.09. The van der Waals surface area contributed by atoms with Gasteiger partial charge in [0.1, 0.15) is 0 Å². The van der Waals surface area contributed by atoms with Crippen LogP contribution >= 0.6 is 0 Å². The number of nitrogens with one attached hydrogen (secondary N) is 2. The Kier molecular flexibility index (Phi) is 5.69. The highest BCUT2D eigenvalue weighted by molar-refractivity contribution is 5.88. The molecule has 0 aliphatic rings. The van der Waals surface area contributed by atoms with Crippen LogP contribution in [0.25, 0.3) is 16.5 Å². The number of rotatable bonds is 7. The monoisotopic (exact) mass is 419 g/mol. The van der Waals surface area contributed by atoms with Gasteiger partial charge in [-0.05, 0) is 35.0 Å². The molecule has 0 aliphatic heterocycles. The fourth-order valence-corrected chi connectivity index (χ4v) is 3.34. The van der Waals surface area contributed by atoms with E-state index in [0.29, 0.717) is 28.6 Å². The van der Waals surface area contributed by atoms with E-state index in [-0.39, 0.29) is 36.2 Å². The predicted octanol–water partition coefficient (Wildman–Crippen LogP) is 0.803. The van der Waals surface area contributed by atoms with Gasteiger partial charge in [0.05, 0.1) is 29.7 Å². The quantitative estimate of drug-likeness (QED) is 0.456. The molecule has 0 saturated heterocycles. The van der Waals surface area contributed by atoms with Crippen molar-refractivity contribution < 1.29 is 4.79 Å². The molecule has 10 heteroatoms. The van der Waals surface area contributed by atoms with Gasteiger partial charge in [-0.25, -0.2) is 9.89 Å². The molecule has 0 radical (unpaired) electrons. The first-order valence-corrected chi connectivity index (χ1v) is 9.90. The molecular formula is C21H21N7O3. The van der Waals surface area contributed by atoms with E-state index >= 15 is 0 Å². The molecule has 1 amide bonds. The van der Waals surface area contributed by atoms with Gasteiger partial charge in [-0.15, -0.1) is 0 Å². The van der Waals surface area contributed by atoms with Gasteiger partial charge in [0.2, 0.25) is 5.91 Å². The highest BCUT2D eigenvalue weighted by atomic mass is 16.2. The highest BCUT2D eigenvalue weighted by Crippen LogP contribution is 2.13. The summed E-state index contributed by atoms with van der Waals surface area (Å²) in [6.07, 6.45) is 0.593. The van der Waals surface area contributed by atoms with Crippen LogP contribution < -0.4 is 16.6 Å². The van der Waals surface area contributed by atoms with Gasteiger partial charge in [-0.1, -0.05) is 43.3 Å². The van der Waals surface area contributed by atoms with E-state index in [1.165, 1.54) is 9.36 Å². The lowest BCUT2D eigenvalue weighted by atomic mass is 10.1. The minimum Gasteiger partial charge on any atom is -0.351 e. The van der Waals surface area contributed by atoms with E-state index in [4.69, 9.17) is 0 Å². The van der Waals surface area contributed by atoms with Gasteiger partial charge in [-0.3, -0.25) is 9.59 Å². The summed E-state index contributed by atoms with van der Waals surface area (Å²) >= 11 is 0. The Balaban J connectivity index is 1.47. The number of H-pyrrole nitrogens is 1. The van der Waals surface area contributed by atoms with Gasteiger partial charge >= 0.3 is 5.69 Å². The first-order valence-electron chi connectivity index (χ1n) is 9.90. The SMILES string of the molecule is CC[C@H](Cn1nnn(-c2ccccc2)c1=O)NC(=O)Cc1n[nH]c(=O)c2ccccc12. The molecule has 0 saturated carbocycles. The number of carbonyl (C=O) groups excluding carboxylic acids is 1. The number of aromatic nitrogens is 6. The standard InChI is InChI=1S/C21H21N7O3/c1-2-14(13-27-21(31)28(26-25-27)15-8-4-3-5-9-15)22-19(29)12-18-16-10-6-7-11-17(16)20(30)24-23-18/h3-11,14H,2,12-13H2,1H3,(H,22,29)(H,24,30)/t14-/m1/s1. The van der Waals surface area contributed by atoms with Crippen LogP contribution in [0.2, 0.25) is 0 Å². The number of amides is 1. The average Bonchev–Trinajstić information content (AvgIpc) is 3.16. The van der Waals surface area contributed by atoms with E-state index in [2.05, 4.69) is 25.9 Å². The van der Waals surface area contributed by atoms with E-state index in [1.807, 2.05) is 25.1 Å². The molecule has 4 rings (SSSR count). The van der Waals surface area contributed by atoms with Crippen molar-refractivity contribution >= 4 is 16.7 Å². The van der Waals surface area contributed by atoms with Crippen LogP contribution in [0.1, 0.15) is 19.0 Å². The van der Waals surface area contributed by atoms with Gasteiger partial charge < -0.3 is 5.32 Å². The van der Waals surface area contributed by atoms with Crippen LogP contribution in [0.5, 0.6) is 0 Å². The van der Waals surface area contributed by atoms with Crippen molar-refractivity contribution in [3.63, 3.8) is 0 Å². The maximum absolute atomic E-state index is 12.6. The third kappa shape index (κ3) is 4.27. The number of para-hydroxylation sites is 1. The Bertz CT molecular complexity index is 1320. The first-order chi connectivity index (χ1) is 15.1. The van der Waals surface area contributed by atoms with Crippen LogP contribution in [-0.2, 0) is 17.8 Å². The minimum atomic E-state index is -0.382. The third-order valence-corrected chi connectivity index (χ3v) is 4.99. The van der Waals surface area contributed by atoms with Crippen LogP contribution in [0.4, 0.5) is 0 Å². The molecule has 31 heavy (non-hydrogen) atoms. The molecule has 2 N–H and O–H groups in total. The van der Waals surface area contributed by atoms with Gasteiger partial charge in [0, 0.05) is 11.4 Å². The number of nitrogens with zero attached hydrogens (tertiary/aromatic N) is 5. The maximum atomic E-state index is 12.6. The van der Waals surface area contributed by atoms with Gasteiger partial charge in [-0.2, -0.15) is 14.5 Å². The Morgan fingerprint density at radius 2 is 1.74 bits per heavy atom. The molecule has 2 heterocycles. The Morgan fingerprint density at radius 1 is 1.03 bits per heavy atom. The number of carbonyl (C=O) groups is 1. The lowest BCUT2D eigenvalue weighted by molar-refractivity contribution is -0.121. The topological polar surface area (TPSA) is 128 Å². The number of fused-ring (bicyclic) bond motifs is 1. The van der Waals surface area contributed by atoms with Crippen LogP contribution in [-0.4, -0.2) is 41.9 Å². The summed E-state index contributed by atoms with van der Waals surface area (Å²) in [5, 5.41) is 18.4. The largest absolute Gasteiger partial charge is 0.368 e. The molecule has 158 valence electrons. The Morgan fingerprint density at radius 3 is 2.48 bits per heavy atom. The molecule has 10 nitrogen and oxygen atoms in total. The summed E-state index contributed by atoms with van der Waals surface area (Å²) in [4.78, 5) is 37.2. The summed E-state index contributed by atoms with van der Waals surface area (Å²) in [5.41, 5.74) is 0.417. The Labute approximate surface area is 176 Å². The van der Waals surface area contributed by atoms with Crippen LogP contribution in [0, 0.1) is 0 Å². The summed E-state index contributed by atoms with van der Waals surface area (Å²) in [5.74, 6) is -0.264. The molecular weight excluding hydrogens is 398 g/mol. The highest BCUT2D eigenvalue weighted by Gasteiger charge is 2.17. The van der Waals surface area contributed by atoms with Crippen molar-refractivity contribution in [1.82, 2.24) is 35.3 Å². The normalized spacial score (nSPS) is 12.0. The zero-order valence-corrected chi connectivity index (χ0v) is 16.9. The third-order valence-electron chi connectivity index (χ3n) is 4.99. The summed E-state index contributed by atoms with van der Waals surface area (Å²) in [6.45, 7) is 2.10. The molecule has 2 aromatic carbocycles. The van der Waals surface area contributed by atoms with E-state index in [9.17, 15) is 14.4 Å². The molecule has 1 atom stereocenters. The second kappa shape index (κ2) is 8.74. The number of hydrogen-bond acceptors (Lipinski definition) is 6. The number of tetrazole rings is 1. The van der Waals surface area contributed by atoms with Crippen LogP contribution in [0.3, 0.4) is 0 Å². The van der Waals surface area contributed by atoms with Crippen molar-refractivity contribution in [3.05, 3.63) is 81.1 Å². The number of benzene rings is 2. The lowest BCUT2D eigenvalue weighted by Crippen LogP contribution is -2.41. The predicted molar refractivity (Wildman–Crippen MR) is 114 cm³/mol. The summed E-state index contributed by atoms with van der Waals surface area (Å²) < 4.78 is 2.44. The molecule has 0 spiro atoms. The van der Waals surface area contributed by atoms with Crippen LogP contribution in [0.15, 0.2) is 64.2 Å². The smallest absolute Gasteiger partial charge is 0.351 e. The number of aromatic amines is 1. The summed E-state index contributed by atoms with van der Waals surface area (Å²) in [7, 11) is 0. The molecule has 0 aliphatic carbocycles. The average molecular weight is 419 g/mol. The molecule has 0 fully saturated rings. The zero-order valence-electron chi connectivity index (χ0n) is 16.9. The zero-order chi connectivity index (χ0) is 21.8. The van der Waals surface area contributed by atoms with Crippen molar-refractivity contribution in [3.8, 4) is 5.69 Å². The molecule has 2 aromatic heterocycles. The maximum Gasteiger partial charge on any atom is 0.368 e. The fraction of sp³-hybridized carbons (Fsp3) is 0.238. The van der Waals surface area contributed by atoms with Crippen molar-refractivity contribution in [2.75, 3.05) is 0 Å². The number of hydrogen-bond donors (Lipinski definition) is 2. The van der Waals surface area contributed by atoms with Crippen molar-refractivity contribution in [2.45, 2.75) is 32.4 Å².